The molecule has 2 aromatic rings. The first-order chi connectivity index (χ1) is 13.0. The Kier molecular flexibility index (Phi) is 7.97. The summed E-state index contributed by atoms with van der Waals surface area (Å²) in [6.45, 7) is 4.71. The van der Waals surface area contributed by atoms with Gasteiger partial charge in [0.2, 0.25) is 17.7 Å². The van der Waals surface area contributed by atoms with Crippen LogP contribution in [0.4, 0.5) is 11.4 Å². The van der Waals surface area contributed by atoms with Crippen molar-refractivity contribution in [3.05, 3.63) is 46.7 Å². The van der Waals surface area contributed by atoms with Crippen LogP contribution in [0.2, 0.25) is 0 Å². The van der Waals surface area contributed by atoms with E-state index >= 15 is 0 Å². The number of carbonyl (C=O) groups excluding carboxylic acids is 3. The van der Waals surface area contributed by atoms with Crippen molar-refractivity contribution in [2.24, 2.45) is 0 Å². The van der Waals surface area contributed by atoms with Crippen molar-refractivity contribution in [3.8, 4) is 0 Å². The first-order valence-corrected chi connectivity index (χ1v) is 9.53. The number of carbonyl (C=O) groups is 3. The number of amides is 3. The Hall–Kier alpha value is -2.71. The molecule has 3 N–H and O–H groups in total. The van der Waals surface area contributed by atoms with Crippen LogP contribution in [0.5, 0.6) is 0 Å². The third-order valence-corrected chi connectivity index (χ3v) is 4.59. The molecule has 0 aliphatic carbocycles. The Morgan fingerprint density at radius 2 is 1.59 bits per heavy atom. The number of anilines is 2. The Bertz CT molecular complexity index is 760. The molecule has 8 heteroatoms. The number of hydrogen-bond donors (Lipinski definition) is 3. The van der Waals surface area contributed by atoms with Gasteiger partial charge in [-0.3, -0.25) is 19.3 Å². The van der Waals surface area contributed by atoms with Gasteiger partial charge in [0.05, 0.1) is 19.6 Å². The lowest BCUT2D eigenvalue weighted by Gasteiger charge is -2.19. The minimum Gasteiger partial charge on any atom is -0.350 e. The van der Waals surface area contributed by atoms with Crippen molar-refractivity contribution >= 4 is 40.4 Å². The monoisotopic (exact) mass is 388 g/mol. The third-order valence-electron chi connectivity index (χ3n) is 3.71. The summed E-state index contributed by atoms with van der Waals surface area (Å²) in [5.74, 6) is -0.462. The van der Waals surface area contributed by atoms with Crippen molar-refractivity contribution in [3.63, 3.8) is 0 Å². The summed E-state index contributed by atoms with van der Waals surface area (Å²) in [5, 5.41) is 10.3. The zero-order valence-electron chi connectivity index (χ0n) is 15.5. The van der Waals surface area contributed by atoms with Crippen LogP contribution in [0.1, 0.15) is 18.7 Å². The molecule has 3 amide bonds. The van der Waals surface area contributed by atoms with Gasteiger partial charge in [-0.2, -0.15) is 0 Å². The highest BCUT2D eigenvalue weighted by Gasteiger charge is 2.13. The normalized spacial score (nSPS) is 10.5. The average Bonchev–Trinajstić information content (AvgIpc) is 3.14. The van der Waals surface area contributed by atoms with E-state index in [4.69, 9.17) is 0 Å². The van der Waals surface area contributed by atoms with Crippen molar-refractivity contribution in [1.29, 1.82) is 0 Å². The Morgan fingerprint density at radius 3 is 2.15 bits per heavy atom. The summed E-state index contributed by atoms with van der Waals surface area (Å²) in [5.41, 5.74) is 1.30. The fourth-order valence-electron chi connectivity index (χ4n) is 2.38. The molecule has 0 spiro atoms. The molecule has 0 aliphatic heterocycles. The first kappa shape index (κ1) is 20.6. The number of hydrogen-bond acceptors (Lipinski definition) is 5. The maximum absolute atomic E-state index is 12.2. The molecule has 0 bridgehead atoms. The van der Waals surface area contributed by atoms with Gasteiger partial charge >= 0.3 is 0 Å². The minimum absolute atomic E-state index is 0.113. The zero-order chi connectivity index (χ0) is 19.6. The highest BCUT2D eigenvalue weighted by Crippen LogP contribution is 2.13. The number of likely N-dealkylation sites (N-methyl/N-ethyl adjacent to an activating group) is 1. The predicted octanol–water partition coefficient (Wildman–Crippen LogP) is 2.28. The van der Waals surface area contributed by atoms with Gasteiger partial charge in [0, 0.05) is 23.2 Å². The molecule has 144 valence electrons. The van der Waals surface area contributed by atoms with Crippen LogP contribution in [0, 0.1) is 0 Å². The van der Waals surface area contributed by atoms with E-state index in [1.165, 1.54) is 6.92 Å². The number of nitrogens with zero attached hydrogens (tertiary/aromatic N) is 1. The van der Waals surface area contributed by atoms with Crippen molar-refractivity contribution in [1.82, 2.24) is 10.2 Å². The number of nitrogens with one attached hydrogen (secondary N) is 3. The molecule has 0 atom stereocenters. The van der Waals surface area contributed by atoms with Gasteiger partial charge in [-0.1, -0.05) is 13.0 Å². The molecule has 0 unspecified atom stereocenters. The lowest BCUT2D eigenvalue weighted by molar-refractivity contribution is -0.123. The van der Waals surface area contributed by atoms with Gasteiger partial charge in [0.15, 0.2) is 0 Å². The maximum atomic E-state index is 12.2. The average molecular weight is 388 g/mol. The summed E-state index contributed by atoms with van der Waals surface area (Å²) < 4.78 is 0. The summed E-state index contributed by atoms with van der Waals surface area (Å²) in [7, 11) is 0. The minimum atomic E-state index is -0.199. The van der Waals surface area contributed by atoms with Crippen LogP contribution < -0.4 is 16.0 Å². The van der Waals surface area contributed by atoms with E-state index in [2.05, 4.69) is 16.0 Å². The van der Waals surface area contributed by atoms with E-state index < -0.39 is 0 Å². The second-order valence-electron chi connectivity index (χ2n) is 5.97. The molecule has 0 saturated carbocycles. The van der Waals surface area contributed by atoms with Crippen molar-refractivity contribution in [2.45, 2.75) is 20.4 Å². The van der Waals surface area contributed by atoms with Crippen LogP contribution in [0.25, 0.3) is 0 Å². The molecule has 0 aliphatic rings. The van der Waals surface area contributed by atoms with Crippen LogP contribution in [0.3, 0.4) is 0 Å². The van der Waals surface area contributed by atoms with E-state index in [-0.39, 0.29) is 30.8 Å². The lowest BCUT2D eigenvalue weighted by atomic mass is 10.2. The predicted molar refractivity (Wildman–Crippen MR) is 108 cm³/mol. The van der Waals surface area contributed by atoms with Gasteiger partial charge in [-0.05, 0) is 42.3 Å². The van der Waals surface area contributed by atoms with Crippen molar-refractivity contribution in [2.75, 3.05) is 30.3 Å². The van der Waals surface area contributed by atoms with Crippen LogP contribution in [0.15, 0.2) is 41.8 Å². The quantitative estimate of drug-likeness (QED) is 0.615. The molecule has 27 heavy (non-hydrogen) atoms. The Labute approximate surface area is 162 Å². The molecule has 1 aromatic carbocycles. The molecule has 7 nitrogen and oxygen atoms in total. The van der Waals surface area contributed by atoms with E-state index in [9.17, 15) is 14.4 Å². The van der Waals surface area contributed by atoms with Gasteiger partial charge in [0.25, 0.3) is 0 Å². The van der Waals surface area contributed by atoms with E-state index in [0.717, 1.165) is 4.88 Å². The molecule has 0 saturated heterocycles. The van der Waals surface area contributed by atoms with Gasteiger partial charge < -0.3 is 16.0 Å². The molecule has 2 rings (SSSR count). The second-order valence-corrected chi connectivity index (χ2v) is 7.00. The number of rotatable bonds is 9. The Balaban J connectivity index is 1.78. The third kappa shape index (κ3) is 7.59. The SMILES string of the molecule is CCN(CC(=O)NCc1cccs1)CC(=O)Nc1ccc(NC(C)=O)cc1. The van der Waals surface area contributed by atoms with E-state index in [1.807, 2.05) is 24.4 Å². The molecule has 1 aromatic heterocycles. The molecular formula is C19H24N4O3S. The fourth-order valence-corrected chi connectivity index (χ4v) is 3.03. The molecule has 0 fully saturated rings. The van der Waals surface area contributed by atoms with Gasteiger partial charge in [-0.15, -0.1) is 11.3 Å². The van der Waals surface area contributed by atoms with E-state index in [0.29, 0.717) is 24.5 Å². The zero-order valence-corrected chi connectivity index (χ0v) is 16.3. The number of thiophene rings is 1. The second kappa shape index (κ2) is 10.4. The Morgan fingerprint density at radius 1 is 0.963 bits per heavy atom. The van der Waals surface area contributed by atoms with Gasteiger partial charge in [-0.25, -0.2) is 0 Å². The highest BCUT2D eigenvalue weighted by molar-refractivity contribution is 7.09. The molecule has 1 heterocycles. The van der Waals surface area contributed by atoms with Gasteiger partial charge in [0.1, 0.15) is 0 Å². The summed E-state index contributed by atoms with van der Waals surface area (Å²) in [6.07, 6.45) is 0. The molecular weight excluding hydrogens is 364 g/mol. The fraction of sp³-hybridized carbons (Fsp3) is 0.316. The topological polar surface area (TPSA) is 90.5 Å². The summed E-state index contributed by atoms with van der Waals surface area (Å²) >= 11 is 1.59. The summed E-state index contributed by atoms with van der Waals surface area (Å²) in [4.78, 5) is 38.1. The van der Waals surface area contributed by atoms with Crippen LogP contribution in [-0.2, 0) is 20.9 Å². The van der Waals surface area contributed by atoms with Crippen LogP contribution in [-0.4, -0.2) is 42.3 Å². The van der Waals surface area contributed by atoms with Crippen LogP contribution >= 0.6 is 11.3 Å². The van der Waals surface area contributed by atoms with E-state index in [1.54, 1.807) is 40.5 Å². The summed E-state index contributed by atoms with van der Waals surface area (Å²) in [6, 6.07) is 10.8. The number of benzene rings is 1. The molecule has 0 radical (unpaired) electrons. The standard InChI is InChI=1S/C19H24N4O3S/c1-3-23(12-18(25)20-11-17-5-4-10-27-17)13-19(26)22-16-8-6-15(7-9-16)21-14(2)24/h4-10H,3,11-13H2,1-2H3,(H,20,25)(H,21,24)(H,22,26). The maximum Gasteiger partial charge on any atom is 0.238 e. The first-order valence-electron chi connectivity index (χ1n) is 8.65. The lowest BCUT2D eigenvalue weighted by Crippen LogP contribution is -2.40. The highest BCUT2D eigenvalue weighted by atomic mass is 32.1. The smallest absolute Gasteiger partial charge is 0.238 e. The largest absolute Gasteiger partial charge is 0.350 e. The van der Waals surface area contributed by atoms with Crippen molar-refractivity contribution < 1.29 is 14.4 Å².